The van der Waals surface area contributed by atoms with Crippen LogP contribution in [0.15, 0.2) is 49.3 Å². The van der Waals surface area contributed by atoms with Crippen LogP contribution in [0.25, 0.3) is 33.1 Å². The van der Waals surface area contributed by atoms with Crippen molar-refractivity contribution in [2.45, 2.75) is 6.04 Å². The van der Waals surface area contributed by atoms with E-state index in [1.165, 1.54) is 18.5 Å². The number of piperidine rings is 1. The third-order valence-electron chi connectivity index (χ3n) is 7.13. The Kier molecular flexibility index (Phi) is 4.55. The highest BCUT2D eigenvalue weighted by molar-refractivity contribution is 6.14. The Morgan fingerprint density at radius 1 is 1.03 bits per heavy atom. The molecule has 2 atom stereocenters. The number of aromatic nitrogens is 6. The molecule has 0 spiro atoms. The average Bonchev–Trinajstić information content (AvgIpc) is 3.23. The number of fused-ring (bicyclic) bond motifs is 4. The van der Waals surface area contributed by atoms with Crippen molar-refractivity contribution >= 4 is 33.4 Å². The largest absolute Gasteiger partial charge is 0.423 e. The quantitative estimate of drug-likeness (QED) is 0.344. The molecule has 180 valence electrons. The summed E-state index contributed by atoms with van der Waals surface area (Å²) in [6.07, 6.45) is 8.21. The molecule has 36 heavy (non-hydrogen) atoms. The second-order valence-corrected chi connectivity index (χ2v) is 9.25. The first-order valence-corrected chi connectivity index (χ1v) is 11.7. The molecule has 1 saturated heterocycles. The number of halogens is 1. The van der Waals surface area contributed by atoms with Crippen molar-refractivity contribution in [3.8, 4) is 22.9 Å². The highest BCUT2D eigenvalue weighted by Gasteiger charge is 2.54. The average molecular weight is 484 g/mol. The van der Waals surface area contributed by atoms with Gasteiger partial charge >= 0.3 is 6.01 Å². The zero-order valence-electron chi connectivity index (χ0n) is 19.3. The van der Waals surface area contributed by atoms with Gasteiger partial charge in [0.15, 0.2) is 0 Å². The van der Waals surface area contributed by atoms with Crippen LogP contribution in [0.1, 0.15) is 0 Å². The summed E-state index contributed by atoms with van der Waals surface area (Å²) in [5, 5.41) is 4.53. The van der Waals surface area contributed by atoms with Gasteiger partial charge in [-0.1, -0.05) is 0 Å². The van der Waals surface area contributed by atoms with Crippen LogP contribution in [0.5, 0.6) is 11.8 Å². The molecule has 1 aromatic carbocycles. The summed E-state index contributed by atoms with van der Waals surface area (Å²) in [5.74, 6) is 1.74. The Morgan fingerprint density at radius 2 is 1.81 bits per heavy atom. The molecule has 1 aliphatic heterocycles. The molecule has 1 aliphatic carbocycles. The van der Waals surface area contributed by atoms with Crippen LogP contribution in [0.3, 0.4) is 0 Å². The van der Waals surface area contributed by atoms with Gasteiger partial charge in [0.05, 0.1) is 22.8 Å². The molecule has 4 N–H and O–H groups in total. The van der Waals surface area contributed by atoms with Crippen molar-refractivity contribution in [2.24, 2.45) is 17.6 Å². The lowest BCUT2D eigenvalue weighted by atomic mass is 10.1. The Labute approximate surface area is 204 Å². The molecular formula is C25H22FN9O. The molecule has 0 bridgehead atoms. The second kappa shape index (κ2) is 7.82. The molecule has 10 nitrogen and oxygen atoms in total. The lowest BCUT2D eigenvalue weighted by Gasteiger charge is -2.21. The summed E-state index contributed by atoms with van der Waals surface area (Å²) in [7, 11) is 1.76. The highest BCUT2D eigenvalue weighted by Crippen LogP contribution is 2.47. The van der Waals surface area contributed by atoms with Crippen LogP contribution in [0.2, 0.25) is 0 Å². The highest BCUT2D eigenvalue weighted by atomic mass is 19.1. The predicted octanol–water partition coefficient (Wildman–Crippen LogP) is 3.33. The minimum atomic E-state index is -0.335. The maximum Gasteiger partial charge on any atom is 0.326 e. The fourth-order valence-electron chi connectivity index (χ4n) is 5.23. The first-order valence-electron chi connectivity index (χ1n) is 11.7. The summed E-state index contributed by atoms with van der Waals surface area (Å²) in [5.41, 5.74) is 9.78. The van der Waals surface area contributed by atoms with Crippen LogP contribution in [0.4, 0.5) is 15.9 Å². The van der Waals surface area contributed by atoms with E-state index in [1.807, 2.05) is 6.07 Å². The van der Waals surface area contributed by atoms with E-state index < -0.39 is 0 Å². The van der Waals surface area contributed by atoms with Crippen molar-refractivity contribution in [3.05, 3.63) is 55.1 Å². The molecule has 2 unspecified atom stereocenters. The maximum atomic E-state index is 14.5. The molecular weight excluding hydrogens is 461 g/mol. The minimum absolute atomic E-state index is 0.170. The van der Waals surface area contributed by atoms with Crippen LogP contribution >= 0.6 is 0 Å². The molecule has 2 fully saturated rings. The van der Waals surface area contributed by atoms with E-state index in [-0.39, 0.29) is 17.9 Å². The number of nitrogens with two attached hydrogens (primary N) is 1. The summed E-state index contributed by atoms with van der Waals surface area (Å²) < 4.78 is 20.6. The topological polar surface area (TPSA) is 131 Å². The summed E-state index contributed by atoms with van der Waals surface area (Å²) in [4.78, 5) is 27.4. The number of hydrogen-bond acceptors (Lipinski definition) is 9. The van der Waals surface area contributed by atoms with Gasteiger partial charge in [-0.3, -0.25) is 4.98 Å². The Morgan fingerprint density at radius 3 is 2.58 bits per heavy atom. The normalized spacial score (nSPS) is 20.6. The van der Waals surface area contributed by atoms with Gasteiger partial charge in [0.2, 0.25) is 0 Å². The maximum absolute atomic E-state index is 14.5. The first-order chi connectivity index (χ1) is 17.6. The molecule has 2 aliphatic rings. The fourth-order valence-corrected chi connectivity index (χ4v) is 5.23. The molecule has 5 aromatic rings. The molecule has 11 heteroatoms. The Hall–Kier alpha value is -4.38. The van der Waals surface area contributed by atoms with Crippen LogP contribution in [0, 0.1) is 17.7 Å². The van der Waals surface area contributed by atoms with E-state index in [0.717, 1.165) is 35.1 Å². The van der Waals surface area contributed by atoms with E-state index in [9.17, 15) is 4.39 Å². The van der Waals surface area contributed by atoms with Crippen LogP contribution < -0.4 is 20.7 Å². The van der Waals surface area contributed by atoms with Gasteiger partial charge in [-0.15, -0.1) is 0 Å². The van der Waals surface area contributed by atoms with Crippen molar-refractivity contribution in [3.63, 3.8) is 0 Å². The van der Waals surface area contributed by atoms with E-state index >= 15 is 0 Å². The zero-order chi connectivity index (χ0) is 24.4. The summed E-state index contributed by atoms with van der Waals surface area (Å²) >= 11 is 0. The second-order valence-electron chi connectivity index (χ2n) is 9.25. The summed E-state index contributed by atoms with van der Waals surface area (Å²) in [6, 6.07) is 5.21. The Balaban J connectivity index is 1.35. The monoisotopic (exact) mass is 483 g/mol. The van der Waals surface area contributed by atoms with Gasteiger partial charge in [0.1, 0.15) is 29.4 Å². The van der Waals surface area contributed by atoms with Crippen molar-refractivity contribution in [1.29, 1.82) is 0 Å². The van der Waals surface area contributed by atoms with Crippen LogP contribution in [-0.2, 0) is 0 Å². The number of anilines is 2. The van der Waals surface area contributed by atoms with Gasteiger partial charge in [0.25, 0.3) is 0 Å². The van der Waals surface area contributed by atoms with E-state index in [1.54, 1.807) is 31.8 Å². The molecule has 0 radical (unpaired) electrons. The fraction of sp³-hybridized carbons (Fsp3) is 0.240. The number of aromatic amines is 1. The lowest BCUT2D eigenvalue weighted by Crippen LogP contribution is -2.29. The van der Waals surface area contributed by atoms with Gasteiger partial charge in [0, 0.05) is 61.3 Å². The lowest BCUT2D eigenvalue weighted by molar-refractivity contribution is 0.442. The van der Waals surface area contributed by atoms with Gasteiger partial charge in [-0.25, -0.2) is 14.4 Å². The van der Waals surface area contributed by atoms with Crippen molar-refractivity contribution in [1.82, 2.24) is 29.9 Å². The van der Waals surface area contributed by atoms with Gasteiger partial charge in [-0.05, 0) is 30.0 Å². The van der Waals surface area contributed by atoms with E-state index in [0.29, 0.717) is 40.1 Å². The molecule has 7 rings (SSSR count). The SMILES string of the molecule is CNc1cc(F)cc2c1[nH]c1nc(Oc3cncc(-c4cncnc4)c3)nc(N3CC4C(N)C4C3)c12. The third-order valence-corrected chi connectivity index (χ3v) is 7.13. The van der Waals surface area contributed by atoms with Crippen LogP contribution in [-0.4, -0.2) is 56.1 Å². The predicted molar refractivity (Wildman–Crippen MR) is 133 cm³/mol. The number of nitrogens with one attached hydrogen (secondary N) is 2. The molecule has 5 heterocycles. The smallest absolute Gasteiger partial charge is 0.326 e. The van der Waals surface area contributed by atoms with E-state index in [4.69, 9.17) is 15.5 Å². The van der Waals surface area contributed by atoms with Crippen molar-refractivity contribution < 1.29 is 9.13 Å². The number of rotatable bonds is 5. The van der Waals surface area contributed by atoms with Gasteiger partial charge in [-0.2, -0.15) is 9.97 Å². The number of pyridine rings is 1. The van der Waals surface area contributed by atoms with Crippen molar-refractivity contribution in [2.75, 3.05) is 30.4 Å². The zero-order valence-corrected chi connectivity index (χ0v) is 19.3. The first kappa shape index (κ1) is 20.9. The summed E-state index contributed by atoms with van der Waals surface area (Å²) in [6.45, 7) is 1.59. The van der Waals surface area contributed by atoms with Gasteiger partial charge < -0.3 is 25.7 Å². The number of hydrogen-bond donors (Lipinski definition) is 3. The Bertz CT molecular complexity index is 1610. The molecule has 1 saturated carbocycles. The number of H-pyrrole nitrogens is 1. The third kappa shape index (κ3) is 3.31. The number of nitrogens with zero attached hydrogens (tertiary/aromatic N) is 6. The standard InChI is InChI=1S/C25H22FN9O/c1-28-19-4-14(26)3-16-20-23(32-22(16)19)33-25(34-24(20)35-9-17-18(10-35)21(17)27)36-15-2-12(5-29-8-15)13-6-30-11-31-7-13/h2-8,11,17-18,21,28H,9-10,27H2,1H3,(H,32,33,34). The minimum Gasteiger partial charge on any atom is -0.423 e. The number of ether oxygens (including phenoxy) is 1. The number of benzene rings is 1. The van der Waals surface area contributed by atoms with E-state index in [2.05, 4.69) is 35.1 Å². The molecule has 4 aromatic heterocycles. The molecule has 0 amide bonds.